The van der Waals surface area contributed by atoms with Gasteiger partial charge in [-0.25, -0.2) is 0 Å². The van der Waals surface area contributed by atoms with E-state index in [2.05, 4.69) is 5.32 Å². The minimum Gasteiger partial charge on any atom is -0.389 e. The van der Waals surface area contributed by atoms with E-state index in [4.69, 9.17) is 9.47 Å². The molecule has 1 atom stereocenters. The minimum absolute atomic E-state index is 0.240. The van der Waals surface area contributed by atoms with E-state index in [1.54, 1.807) is 0 Å². The van der Waals surface area contributed by atoms with Crippen molar-refractivity contribution in [1.82, 2.24) is 5.32 Å². The molecule has 0 aliphatic carbocycles. The Labute approximate surface area is 115 Å². The largest absolute Gasteiger partial charge is 0.389 e. The number of aliphatic hydroxyl groups excluding tert-OH is 1. The second-order valence-corrected chi connectivity index (χ2v) is 6.17. The zero-order valence-corrected chi connectivity index (χ0v) is 12.4. The van der Waals surface area contributed by atoms with Crippen molar-refractivity contribution in [2.75, 3.05) is 37.9 Å². The topological polar surface area (TPSA) is 50.7 Å². The molecule has 0 aromatic rings. The first-order chi connectivity index (χ1) is 8.68. The van der Waals surface area contributed by atoms with Crippen molar-refractivity contribution in [2.24, 2.45) is 0 Å². The highest BCUT2D eigenvalue weighted by Crippen LogP contribution is 2.16. The maximum Gasteiger partial charge on any atom is 0.0897 e. The van der Waals surface area contributed by atoms with Gasteiger partial charge in [0.05, 0.1) is 32.0 Å². The normalized spacial score (nSPS) is 19.3. The third-order valence-electron chi connectivity index (χ3n) is 2.85. The Hall–Kier alpha value is 0.190. The molecular formula is C13H27NO3S. The van der Waals surface area contributed by atoms with Crippen LogP contribution in [0.1, 0.15) is 26.7 Å². The van der Waals surface area contributed by atoms with Crippen LogP contribution in [0.2, 0.25) is 0 Å². The van der Waals surface area contributed by atoms with Crippen molar-refractivity contribution in [3.63, 3.8) is 0 Å². The molecule has 1 heterocycles. The lowest BCUT2D eigenvalue weighted by atomic mass is 10.1. The third kappa shape index (κ3) is 8.32. The van der Waals surface area contributed by atoms with Crippen LogP contribution in [0.5, 0.6) is 0 Å². The van der Waals surface area contributed by atoms with Gasteiger partial charge in [-0.3, -0.25) is 0 Å². The van der Waals surface area contributed by atoms with Crippen LogP contribution in [0.25, 0.3) is 0 Å². The molecule has 1 rings (SSSR count). The molecule has 1 saturated heterocycles. The summed E-state index contributed by atoms with van der Waals surface area (Å²) < 4.78 is 10.7. The zero-order valence-electron chi connectivity index (χ0n) is 11.6. The standard InChI is InChI=1S/C13H27NO3S/c1-11(2)17-6-5-16-10-13(15)9-14-12-3-7-18-8-4-12/h11-15H,3-10H2,1-2H3. The van der Waals surface area contributed by atoms with Gasteiger partial charge in [-0.05, 0) is 38.2 Å². The van der Waals surface area contributed by atoms with Gasteiger partial charge in [0.2, 0.25) is 0 Å². The fourth-order valence-corrected chi connectivity index (χ4v) is 2.93. The van der Waals surface area contributed by atoms with Gasteiger partial charge < -0.3 is 19.9 Å². The fraction of sp³-hybridized carbons (Fsp3) is 1.00. The summed E-state index contributed by atoms with van der Waals surface area (Å²) in [6.07, 6.45) is 2.24. The Morgan fingerprint density at radius 1 is 1.28 bits per heavy atom. The van der Waals surface area contributed by atoms with Gasteiger partial charge in [-0.2, -0.15) is 11.8 Å². The van der Waals surface area contributed by atoms with Crippen molar-refractivity contribution in [3.8, 4) is 0 Å². The first-order valence-electron chi connectivity index (χ1n) is 6.87. The summed E-state index contributed by atoms with van der Waals surface area (Å²) in [6, 6.07) is 0.574. The second kappa shape index (κ2) is 10.0. The maximum absolute atomic E-state index is 9.75. The highest BCUT2D eigenvalue weighted by molar-refractivity contribution is 7.99. The summed E-state index contributed by atoms with van der Waals surface area (Å²) in [5.74, 6) is 2.47. The fourth-order valence-electron chi connectivity index (χ4n) is 1.83. The van der Waals surface area contributed by atoms with Crippen molar-refractivity contribution in [1.29, 1.82) is 0 Å². The molecule has 108 valence electrons. The Bertz CT molecular complexity index is 199. The first-order valence-corrected chi connectivity index (χ1v) is 8.02. The molecule has 0 amide bonds. The Balaban J connectivity index is 1.91. The van der Waals surface area contributed by atoms with E-state index in [1.807, 2.05) is 25.6 Å². The summed E-state index contributed by atoms with van der Waals surface area (Å²) in [5.41, 5.74) is 0. The third-order valence-corrected chi connectivity index (χ3v) is 3.90. The maximum atomic E-state index is 9.75. The summed E-state index contributed by atoms with van der Waals surface area (Å²) in [4.78, 5) is 0. The van der Waals surface area contributed by atoms with Gasteiger partial charge in [-0.1, -0.05) is 0 Å². The van der Waals surface area contributed by atoms with Gasteiger partial charge in [0.15, 0.2) is 0 Å². The molecule has 5 heteroatoms. The van der Waals surface area contributed by atoms with Crippen LogP contribution < -0.4 is 5.32 Å². The van der Waals surface area contributed by atoms with Gasteiger partial charge in [0.1, 0.15) is 0 Å². The number of aliphatic hydroxyl groups is 1. The Morgan fingerprint density at radius 3 is 2.67 bits per heavy atom. The number of hydrogen-bond donors (Lipinski definition) is 2. The summed E-state index contributed by atoms with van der Waals surface area (Å²) in [6.45, 7) is 6.16. The van der Waals surface area contributed by atoms with Crippen LogP contribution in [-0.4, -0.2) is 61.2 Å². The number of ether oxygens (including phenoxy) is 2. The van der Waals surface area contributed by atoms with E-state index in [1.165, 1.54) is 24.3 Å². The van der Waals surface area contributed by atoms with Crippen molar-refractivity contribution in [3.05, 3.63) is 0 Å². The van der Waals surface area contributed by atoms with Crippen molar-refractivity contribution >= 4 is 11.8 Å². The lowest BCUT2D eigenvalue weighted by Crippen LogP contribution is -2.39. The number of rotatable bonds is 9. The summed E-state index contributed by atoms with van der Waals surface area (Å²) in [7, 11) is 0. The zero-order chi connectivity index (χ0) is 13.2. The molecule has 0 bridgehead atoms. The van der Waals surface area contributed by atoms with Gasteiger partial charge in [-0.15, -0.1) is 0 Å². The highest BCUT2D eigenvalue weighted by Gasteiger charge is 2.14. The van der Waals surface area contributed by atoms with Gasteiger partial charge in [0.25, 0.3) is 0 Å². The summed E-state index contributed by atoms with van der Waals surface area (Å²) >= 11 is 2.01. The molecule has 0 radical (unpaired) electrons. The van der Waals surface area contributed by atoms with E-state index in [0.717, 1.165) is 0 Å². The minimum atomic E-state index is -0.418. The number of hydrogen-bond acceptors (Lipinski definition) is 5. The van der Waals surface area contributed by atoms with Crippen molar-refractivity contribution < 1.29 is 14.6 Å². The Morgan fingerprint density at radius 2 is 2.00 bits per heavy atom. The van der Waals surface area contributed by atoms with Gasteiger partial charge >= 0.3 is 0 Å². The molecule has 1 aliphatic heterocycles. The van der Waals surface area contributed by atoms with Crippen LogP contribution in [0.3, 0.4) is 0 Å². The SMILES string of the molecule is CC(C)OCCOCC(O)CNC1CCSCC1. The first kappa shape index (κ1) is 16.2. The highest BCUT2D eigenvalue weighted by atomic mass is 32.2. The molecule has 1 fully saturated rings. The predicted octanol–water partition coefficient (Wildman–Crippen LogP) is 1.27. The average Bonchev–Trinajstić information content (AvgIpc) is 2.37. The molecule has 4 nitrogen and oxygen atoms in total. The molecular weight excluding hydrogens is 250 g/mol. The van der Waals surface area contributed by atoms with Crippen LogP contribution in [0.4, 0.5) is 0 Å². The smallest absolute Gasteiger partial charge is 0.0897 e. The molecule has 1 aliphatic rings. The van der Waals surface area contributed by atoms with E-state index in [9.17, 15) is 5.11 Å². The van der Waals surface area contributed by atoms with Crippen LogP contribution >= 0.6 is 11.8 Å². The number of thioether (sulfide) groups is 1. The molecule has 2 N–H and O–H groups in total. The van der Waals surface area contributed by atoms with Crippen LogP contribution in [-0.2, 0) is 9.47 Å². The number of nitrogens with one attached hydrogen (secondary N) is 1. The van der Waals surface area contributed by atoms with Crippen LogP contribution in [0, 0.1) is 0 Å². The second-order valence-electron chi connectivity index (χ2n) is 4.94. The Kier molecular flexibility index (Phi) is 9.06. The van der Waals surface area contributed by atoms with Crippen LogP contribution in [0.15, 0.2) is 0 Å². The van der Waals surface area contributed by atoms with E-state index < -0.39 is 6.10 Å². The predicted molar refractivity (Wildman–Crippen MR) is 76.3 cm³/mol. The van der Waals surface area contributed by atoms with Crippen molar-refractivity contribution in [2.45, 2.75) is 44.9 Å². The molecule has 0 aromatic heterocycles. The molecule has 0 spiro atoms. The quantitative estimate of drug-likeness (QED) is 0.622. The van der Waals surface area contributed by atoms with E-state index in [-0.39, 0.29) is 6.10 Å². The average molecular weight is 277 g/mol. The molecule has 0 aromatic carbocycles. The lowest BCUT2D eigenvalue weighted by Gasteiger charge is -2.24. The molecule has 18 heavy (non-hydrogen) atoms. The van der Waals surface area contributed by atoms with E-state index in [0.29, 0.717) is 32.4 Å². The lowest BCUT2D eigenvalue weighted by molar-refractivity contribution is -0.0105. The molecule has 0 saturated carbocycles. The van der Waals surface area contributed by atoms with Gasteiger partial charge in [0, 0.05) is 12.6 Å². The monoisotopic (exact) mass is 277 g/mol. The molecule has 1 unspecified atom stereocenters. The summed E-state index contributed by atoms with van der Waals surface area (Å²) in [5, 5.41) is 13.2. The van der Waals surface area contributed by atoms with E-state index >= 15 is 0 Å².